The molecule has 0 aromatic heterocycles. The first-order valence-corrected chi connectivity index (χ1v) is 34.6. The molecule has 0 amide bonds. The zero-order valence-corrected chi connectivity index (χ0v) is 53.3. The second kappa shape index (κ2) is 53.4. The fourth-order valence-corrected chi connectivity index (χ4v) is 12.0. The van der Waals surface area contributed by atoms with Crippen molar-refractivity contribution in [1.29, 1.82) is 0 Å². The van der Waals surface area contributed by atoms with Gasteiger partial charge in [0.25, 0.3) is 0 Å². The summed E-state index contributed by atoms with van der Waals surface area (Å²) in [4.78, 5) is 30.1. The third kappa shape index (κ3) is 41.3. The van der Waals surface area contributed by atoms with Crippen molar-refractivity contribution in [2.75, 3.05) is 32.8 Å². The van der Waals surface area contributed by atoms with Gasteiger partial charge in [-0.3, -0.25) is 19.4 Å². The number of cyclic esters (lactones) is 2. The number of aliphatic hydroxyl groups is 4. The molecule has 0 radical (unpaired) electrons. The Morgan fingerprint density at radius 1 is 0.392 bits per heavy atom. The van der Waals surface area contributed by atoms with Crippen LogP contribution in [0, 0.1) is 0 Å². The topological polar surface area (TPSA) is 149 Å². The molecule has 470 valence electrons. The van der Waals surface area contributed by atoms with E-state index in [9.17, 15) is 30.0 Å². The molecule has 9 atom stereocenters. The Hall–Kier alpha value is -1.34. The van der Waals surface area contributed by atoms with E-state index in [1.54, 1.807) is 6.92 Å². The number of esters is 2. The van der Waals surface area contributed by atoms with Crippen molar-refractivity contribution in [2.45, 2.75) is 392 Å². The molecule has 0 bridgehead atoms. The molecule has 2 aliphatic heterocycles. The summed E-state index contributed by atoms with van der Waals surface area (Å²) < 4.78 is 17.8. The average Bonchev–Trinajstić information content (AvgIpc) is 3.42. The van der Waals surface area contributed by atoms with Crippen LogP contribution in [0.25, 0.3) is 0 Å². The van der Waals surface area contributed by atoms with Gasteiger partial charge >= 0.3 is 11.9 Å². The maximum Gasteiger partial charge on any atom is 0.326 e. The number of β-amino-alcohol motifs (C(OH)–C–C–N with tert-alkyl or cyclic N) is 2. The molecule has 2 fully saturated rings. The molecular weight excluding hydrogens is 989 g/mol. The van der Waals surface area contributed by atoms with Crippen molar-refractivity contribution in [1.82, 2.24) is 9.80 Å². The highest BCUT2D eigenvalue weighted by molar-refractivity contribution is 5.78. The highest BCUT2D eigenvalue weighted by Crippen LogP contribution is 2.26. The van der Waals surface area contributed by atoms with Crippen LogP contribution in [0.4, 0.5) is 0 Å². The smallest absolute Gasteiger partial charge is 0.326 e. The van der Waals surface area contributed by atoms with E-state index >= 15 is 0 Å². The first-order chi connectivity index (χ1) is 38.4. The summed E-state index contributed by atoms with van der Waals surface area (Å²) in [6, 6.07) is -1.20. The second-order valence-corrected chi connectivity index (χ2v) is 25.0. The van der Waals surface area contributed by atoms with Crippen LogP contribution in [-0.4, -0.2) is 130 Å². The molecule has 9 unspecified atom stereocenters. The van der Waals surface area contributed by atoms with Crippen LogP contribution in [0.5, 0.6) is 0 Å². The number of hydrogen-bond donors (Lipinski definition) is 4. The zero-order valence-electron chi connectivity index (χ0n) is 53.3. The predicted octanol–water partition coefficient (Wildman–Crippen LogP) is 16.7. The monoisotopic (exact) mass is 1120 g/mol. The average molecular weight is 1120 g/mol. The van der Waals surface area contributed by atoms with E-state index < -0.39 is 42.6 Å². The van der Waals surface area contributed by atoms with Gasteiger partial charge in [0.2, 0.25) is 0 Å². The lowest BCUT2D eigenvalue weighted by molar-refractivity contribution is -0.178. The number of ether oxygens (including phenoxy) is 3. The SMILES string of the molecule is CCCCCCCCCCC(O)CN1CC(CCCCCCCCCC)OC(=O)C1C(C)O.CCCCCCCCCCC(O)COC(C)C1C(=O)OC(CCCCCCCCCC)CN1CC(O)CCCCCCCCCC. The third-order valence-electron chi connectivity index (χ3n) is 17.0. The molecule has 2 rings (SSSR count). The molecule has 79 heavy (non-hydrogen) atoms. The van der Waals surface area contributed by atoms with E-state index in [0.29, 0.717) is 26.2 Å². The van der Waals surface area contributed by atoms with Gasteiger partial charge in [0, 0.05) is 26.2 Å². The molecule has 0 aromatic carbocycles. The van der Waals surface area contributed by atoms with E-state index in [2.05, 4.69) is 39.5 Å². The van der Waals surface area contributed by atoms with Gasteiger partial charge in [0.15, 0.2) is 0 Å². The Kier molecular flexibility index (Phi) is 51.1. The Morgan fingerprint density at radius 3 is 0.975 bits per heavy atom. The summed E-state index contributed by atoms with van der Waals surface area (Å²) in [5, 5.41) is 42.4. The van der Waals surface area contributed by atoms with Crippen LogP contribution in [0.15, 0.2) is 0 Å². The van der Waals surface area contributed by atoms with Gasteiger partial charge in [-0.1, -0.05) is 279 Å². The number of carbonyl (C=O) groups is 2. The van der Waals surface area contributed by atoms with Crippen molar-refractivity contribution in [3.05, 3.63) is 0 Å². The molecule has 2 aliphatic rings. The maximum atomic E-state index is 13.4. The van der Waals surface area contributed by atoms with E-state index in [-0.39, 0.29) is 30.8 Å². The van der Waals surface area contributed by atoms with Crippen molar-refractivity contribution in [2.24, 2.45) is 0 Å². The third-order valence-corrected chi connectivity index (χ3v) is 17.0. The van der Waals surface area contributed by atoms with Crippen LogP contribution in [0.1, 0.15) is 337 Å². The maximum absolute atomic E-state index is 13.4. The number of unbranched alkanes of at least 4 members (excludes halogenated alkanes) is 35. The molecule has 0 spiro atoms. The molecule has 11 nitrogen and oxygen atoms in total. The first kappa shape index (κ1) is 75.7. The molecule has 0 saturated carbocycles. The van der Waals surface area contributed by atoms with E-state index in [0.717, 1.165) is 83.5 Å². The van der Waals surface area contributed by atoms with Crippen molar-refractivity contribution < 1.29 is 44.2 Å². The van der Waals surface area contributed by atoms with Gasteiger partial charge in [-0.05, 0) is 58.8 Å². The van der Waals surface area contributed by atoms with Crippen LogP contribution in [-0.2, 0) is 23.8 Å². The molecule has 0 aliphatic carbocycles. The largest absolute Gasteiger partial charge is 0.460 e. The minimum atomic E-state index is -0.795. The Labute approximate surface area is 489 Å². The van der Waals surface area contributed by atoms with Crippen molar-refractivity contribution >= 4 is 11.9 Å². The summed E-state index contributed by atoms with van der Waals surface area (Å²) in [6.07, 6.45) is 51.2. The number of carbonyl (C=O) groups excluding carboxylic acids is 2. The Morgan fingerprint density at radius 2 is 0.658 bits per heavy atom. The number of morpholine rings is 2. The normalized spacial score (nSPS) is 20.1. The van der Waals surface area contributed by atoms with Crippen LogP contribution >= 0.6 is 0 Å². The number of aliphatic hydroxyl groups excluding tert-OH is 4. The highest BCUT2D eigenvalue weighted by atomic mass is 16.6. The molecule has 0 aromatic rings. The number of rotatable bonds is 54. The number of nitrogens with zero attached hydrogens (tertiary/aromatic N) is 2. The highest BCUT2D eigenvalue weighted by Gasteiger charge is 2.42. The van der Waals surface area contributed by atoms with Gasteiger partial charge in [0.05, 0.1) is 37.1 Å². The summed E-state index contributed by atoms with van der Waals surface area (Å²) in [6.45, 7) is 17.2. The molecule has 4 N–H and O–H groups in total. The summed E-state index contributed by atoms with van der Waals surface area (Å²) >= 11 is 0. The molecule has 2 saturated heterocycles. The minimum absolute atomic E-state index is 0.122. The van der Waals surface area contributed by atoms with Crippen LogP contribution in [0.2, 0.25) is 0 Å². The summed E-state index contributed by atoms with van der Waals surface area (Å²) in [5.41, 5.74) is 0. The lowest BCUT2D eigenvalue weighted by Gasteiger charge is -2.41. The van der Waals surface area contributed by atoms with Gasteiger partial charge < -0.3 is 34.6 Å². The summed E-state index contributed by atoms with van der Waals surface area (Å²) in [5.74, 6) is -0.569. The van der Waals surface area contributed by atoms with Crippen molar-refractivity contribution in [3.8, 4) is 0 Å². The van der Waals surface area contributed by atoms with Crippen LogP contribution < -0.4 is 0 Å². The summed E-state index contributed by atoms with van der Waals surface area (Å²) in [7, 11) is 0. The fourth-order valence-electron chi connectivity index (χ4n) is 12.0. The van der Waals surface area contributed by atoms with E-state index in [1.165, 1.54) is 205 Å². The minimum Gasteiger partial charge on any atom is -0.460 e. The standard InChI is InChI=1S/C40H79NO5.C28H55NO4/c1-5-8-11-14-17-20-23-26-29-36(42)32-41-33-38(31-28-25-22-19-16-13-10-7-3)46-40(44)39(41)35(4)45-34-37(43)30-27-24-21-18-15-12-9-6-2;1-4-6-8-10-12-14-16-18-20-25(31)22-29-23-26(33-28(32)27(29)24(3)30)21-19-17-15-13-11-9-7-5-2/h35-39,42-43H,5-34H2,1-4H3;24-27,30-31H,4-23H2,1-3H3. The zero-order chi connectivity index (χ0) is 58.0. The Balaban J connectivity index is 0.000000834. The van der Waals surface area contributed by atoms with Gasteiger partial charge in [-0.15, -0.1) is 0 Å². The van der Waals surface area contributed by atoms with E-state index in [4.69, 9.17) is 14.2 Å². The second-order valence-electron chi connectivity index (χ2n) is 25.0. The molecule has 11 heteroatoms. The van der Waals surface area contributed by atoms with Gasteiger partial charge in [0.1, 0.15) is 24.3 Å². The van der Waals surface area contributed by atoms with Gasteiger partial charge in [-0.2, -0.15) is 0 Å². The quantitative estimate of drug-likeness (QED) is 0.0341. The number of hydrogen-bond acceptors (Lipinski definition) is 11. The predicted molar refractivity (Wildman–Crippen MR) is 332 cm³/mol. The van der Waals surface area contributed by atoms with E-state index in [1.807, 2.05) is 11.8 Å². The van der Waals surface area contributed by atoms with Gasteiger partial charge in [-0.25, -0.2) is 0 Å². The molecular formula is C68H134N2O9. The lowest BCUT2D eigenvalue weighted by atomic mass is 10.0. The molecule has 2 heterocycles. The van der Waals surface area contributed by atoms with Crippen molar-refractivity contribution in [3.63, 3.8) is 0 Å². The first-order valence-electron chi connectivity index (χ1n) is 34.6. The fraction of sp³-hybridized carbons (Fsp3) is 0.971. The Bertz CT molecular complexity index is 1340. The van der Waals surface area contributed by atoms with Crippen LogP contribution in [0.3, 0.4) is 0 Å². The lowest BCUT2D eigenvalue weighted by Crippen LogP contribution is -2.59.